The van der Waals surface area contributed by atoms with Crippen molar-refractivity contribution >= 4 is 5.91 Å². The molecule has 116 valence electrons. The van der Waals surface area contributed by atoms with Gasteiger partial charge in [-0.05, 0) is 45.1 Å². The summed E-state index contributed by atoms with van der Waals surface area (Å²) >= 11 is 0. The zero-order valence-corrected chi connectivity index (χ0v) is 12.7. The molecule has 1 aromatic carbocycles. The average Bonchev–Trinajstić information content (AvgIpc) is 2.45. The van der Waals surface area contributed by atoms with Crippen LogP contribution in [0.1, 0.15) is 45.1 Å². The number of halogens is 1. The lowest BCUT2D eigenvalue weighted by molar-refractivity contribution is -0.126. The summed E-state index contributed by atoms with van der Waals surface area (Å²) in [4.78, 5) is 12.4. The van der Waals surface area contributed by atoms with Crippen molar-refractivity contribution in [2.24, 2.45) is 5.92 Å². The number of hydrogen-bond donors (Lipinski definition) is 2. The summed E-state index contributed by atoms with van der Waals surface area (Å²) in [6, 6.07) is 6.39. The van der Waals surface area contributed by atoms with Crippen molar-refractivity contribution in [3.63, 3.8) is 0 Å². The van der Waals surface area contributed by atoms with Crippen LogP contribution in [0.15, 0.2) is 24.3 Å². The summed E-state index contributed by atoms with van der Waals surface area (Å²) in [5.74, 6) is -0.215. The van der Waals surface area contributed by atoms with Crippen molar-refractivity contribution in [1.29, 1.82) is 0 Å². The summed E-state index contributed by atoms with van der Waals surface area (Å²) in [5, 5.41) is 12.6. The fourth-order valence-electron chi connectivity index (χ4n) is 3.00. The Kier molecular flexibility index (Phi) is 4.99. The number of carbonyl (C=O) groups excluding carboxylic acids is 1. The number of carbonyl (C=O) groups is 1. The molecule has 0 radical (unpaired) electrons. The van der Waals surface area contributed by atoms with Crippen molar-refractivity contribution in [2.45, 2.75) is 51.0 Å². The number of amides is 1. The molecule has 2 rings (SSSR count). The van der Waals surface area contributed by atoms with Gasteiger partial charge in [-0.2, -0.15) is 0 Å². The van der Waals surface area contributed by atoms with Gasteiger partial charge >= 0.3 is 0 Å². The number of aliphatic hydroxyl groups is 1. The molecule has 1 amide bonds. The molecule has 0 aromatic heterocycles. The minimum absolute atomic E-state index is 0.173. The van der Waals surface area contributed by atoms with Crippen LogP contribution in [0, 0.1) is 11.7 Å². The largest absolute Gasteiger partial charge is 0.393 e. The molecule has 1 fully saturated rings. The van der Waals surface area contributed by atoms with E-state index in [0.717, 1.165) is 25.7 Å². The molecular weight excluding hydrogens is 269 g/mol. The van der Waals surface area contributed by atoms with Gasteiger partial charge in [0.05, 0.1) is 11.5 Å². The van der Waals surface area contributed by atoms with Gasteiger partial charge in [0.1, 0.15) is 5.82 Å². The monoisotopic (exact) mass is 293 g/mol. The number of aliphatic hydroxyl groups excluding tert-OH is 1. The maximum absolute atomic E-state index is 13.9. The summed E-state index contributed by atoms with van der Waals surface area (Å²) in [7, 11) is 0. The Bertz CT molecular complexity index is 501. The molecule has 2 unspecified atom stereocenters. The van der Waals surface area contributed by atoms with E-state index >= 15 is 0 Å². The lowest BCUT2D eigenvalue weighted by atomic mass is 9.82. The maximum atomic E-state index is 13.9. The van der Waals surface area contributed by atoms with Crippen molar-refractivity contribution in [3.8, 4) is 0 Å². The number of rotatable bonds is 4. The third-order valence-corrected chi connectivity index (χ3v) is 4.42. The minimum Gasteiger partial charge on any atom is -0.393 e. The first kappa shape index (κ1) is 16.0. The van der Waals surface area contributed by atoms with Crippen molar-refractivity contribution in [1.82, 2.24) is 5.32 Å². The molecule has 1 saturated carbocycles. The van der Waals surface area contributed by atoms with Crippen LogP contribution in [-0.2, 0) is 10.2 Å². The van der Waals surface area contributed by atoms with E-state index in [1.165, 1.54) is 6.07 Å². The minimum atomic E-state index is -0.904. The van der Waals surface area contributed by atoms with Gasteiger partial charge in [0.25, 0.3) is 0 Å². The molecule has 1 aromatic rings. The van der Waals surface area contributed by atoms with Crippen LogP contribution < -0.4 is 5.32 Å². The first-order chi connectivity index (χ1) is 9.91. The van der Waals surface area contributed by atoms with Crippen LogP contribution in [0.2, 0.25) is 0 Å². The predicted octanol–water partition coefficient (Wildman–Crippen LogP) is 2.77. The van der Waals surface area contributed by atoms with Gasteiger partial charge in [-0.15, -0.1) is 0 Å². The Morgan fingerprint density at radius 1 is 1.38 bits per heavy atom. The second-order valence-electron chi connectivity index (χ2n) is 6.50. The summed E-state index contributed by atoms with van der Waals surface area (Å²) in [5.41, 5.74) is -0.496. The first-order valence-electron chi connectivity index (χ1n) is 7.62. The van der Waals surface area contributed by atoms with Crippen LogP contribution in [-0.4, -0.2) is 23.7 Å². The molecule has 2 N–H and O–H groups in total. The fourth-order valence-corrected chi connectivity index (χ4v) is 3.00. The standard InChI is InChI=1S/C17H24FNO2/c1-17(2,14-8-3-4-9-15(14)18)16(21)19-11-12-6-5-7-13(20)10-12/h3-4,8-9,12-13,20H,5-7,10-11H2,1-2H3,(H,19,21). The van der Waals surface area contributed by atoms with Gasteiger partial charge in [-0.1, -0.05) is 24.6 Å². The van der Waals surface area contributed by atoms with E-state index in [2.05, 4.69) is 5.32 Å². The van der Waals surface area contributed by atoms with E-state index in [9.17, 15) is 14.3 Å². The smallest absolute Gasteiger partial charge is 0.230 e. The van der Waals surface area contributed by atoms with Gasteiger partial charge in [0, 0.05) is 12.1 Å². The Morgan fingerprint density at radius 3 is 2.76 bits per heavy atom. The van der Waals surface area contributed by atoms with E-state index in [0.29, 0.717) is 18.0 Å². The molecule has 0 spiro atoms. The summed E-state index contributed by atoms with van der Waals surface area (Å²) in [6.07, 6.45) is 3.36. The molecule has 4 heteroatoms. The maximum Gasteiger partial charge on any atom is 0.230 e. The SMILES string of the molecule is CC(C)(C(=O)NCC1CCCC(O)C1)c1ccccc1F. The number of benzene rings is 1. The van der Waals surface area contributed by atoms with Gasteiger partial charge in [0.15, 0.2) is 0 Å². The van der Waals surface area contributed by atoms with Crippen LogP contribution in [0.5, 0.6) is 0 Å². The molecule has 1 aliphatic rings. The molecule has 0 bridgehead atoms. The Hall–Kier alpha value is -1.42. The number of hydrogen-bond acceptors (Lipinski definition) is 2. The average molecular weight is 293 g/mol. The van der Waals surface area contributed by atoms with Gasteiger partial charge in [0.2, 0.25) is 5.91 Å². The van der Waals surface area contributed by atoms with Crippen LogP contribution in [0.3, 0.4) is 0 Å². The molecule has 2 atom stereocenters. The zero-order chi connectivity index (χ0) is 15.5. The molecule has 0 heterocycles. The highest BCUT2D eigenvalue weighted by atomic mass is 19.1. The molecule has 1 aliphatic carbocycles. The quantitative estimate of drug-likeness (QED) is 0.897. The molecule has 0 aliphatic heterocycles. The topological polar surface area (TPSA) is 49.3 Å². The van der Waals surface area contributed by atoms with Gasteiger partial charge in [-0.25, -0.2) is 4.39 Å². The normalized spacial score (nSPS) is 22.9. The van der Waals surface area contributed by atoms with Crippen molar-refractivity contribution in [3.05, 3.63) is 35.6 Å². The lowest BCUT2D eigenvalue weighted by Gasteiger charge is -2.29. The third kappa shape index (κ3) is 3.82. The predicted molar refractivity (Wildman–Crippen MR) is 80.4 cm³/mol. The van der Waals surface area contributed by atoms with Crippen LogP contribution in [0.25, 0.3) is 0 Å². The van der Waals surface area contributed by atoms with E-state index in [1.54, 1.807) is 32.0 Å². The van der Waals surface area contributed by atoms with E-state index < -0.39 is 5.41 Å². The Morgan fingerprint density at radius 2 is 2.10 bits per heavy atom. The second-order valence-corrected chi connectivity index (χ2v) is 6.50. The highest BCUT2D eigenvalue weighted by Crippen LogP contribution is 2.27. The first-order valence-corrected chi connectivity index (χ1v) is 7.62. The van der Waals surface area contributed by atoms with Crippen molar-refractivity contribution < 1.29 is 14.3 Å². The van der Waals surface area contributed by atoms with Gasteiger partial charge in [-0.3, -0.25) is 4.79 Å². The van der Waals surface area contributed by atoms with E-state index in [4.69, 9.17) is 0 Å². The molecule has 3 nitrogen and oxygen atoms in total. The summed E-state index contributed by atoms with van der Waals surface area (Å²) in [6.45, 7) is 4.01. The van der Waals surface area contributed by atoms with E-state index in [-0.39, 0.29) is 17.8 Å². The van der Waals surface area contributed by atoms with Gasteiger partial charge < -0.3 is 10.4 Å². The lowest BCUT2D eigenvalue weighted by Crippen LogP contribution is -2.43. The highest BCUT2D eigenvalue weighted by Gasteiger charge is 2.32. The molecule has 21 heavy (non-hydrogen) atoms. The Balaban J connectivity index is 1.97. The zero-order valence-electron chi connectivity index (χ0n) is 12.7. The second kappa shape index (κ2) is 6.56. The van der Waals surface area contributed by atoms with E-state index in [1.807, 2.05) is 0 Å². The fraction of sp³-hybridized carbons (Fsp3) is 0.588. The summed E-state index contributed by atoms with van der Waals surface area (Å²) < 4.78 is 13.9. The van der Waals surface area contributed by atoms with Crippen molar-refractivity contribution in [2.75, 3.05) is 6.54 Å². The van der Waals surface area contributed by atoms with Crippen LogP contribution >= 0.6 is 0 Å². The highest BCUT2D eigenvalue weighted by molar-refractivity contribution is 5.87. The molecular formula is C17H24FNO2. The Labute approximate surface area is 125 Å². The third-order valence-electron chi connectivity index (χ3n) is 4.42. The number of nitrogens with one attached hydrogen (secondary N) is 1. The van der Waals surface area contributed by atoms with Crippen LogP contribution in [0.4, 0.5) is 4.39 Å². The molecule has 0 saturated heterocycles.